The van der Waals surface area contributed by atoms with Gasteiger partial charge in [0.25, 0.3) is 0 Å². The Kier molecular flexibility index (Phi) is 3.06. The van der Waals surface area contributed by atoms with Crippen molar-refractivity contribution in [2.75, 3.05) is 5.73 Å². The number of anilines is 1. The first kappa shape index (κ1) is 12.9. The summed E-state index contributed by atoms with van der Waals surface area (Å²) in [5, 5.41) is 6.43. The molecule has 0 fully saturated rings. The molecule has 0 atom stereocenters. The molecule has 0 saturated carbocycles. The van der Waals surface area contributed by atoms with Crippen LogP contribution in [0.25, 0.3) is 21.7 Å². The predicted octanol–water partition coefficient (Wildman–Crippen LogP) is 3.85. The fourth-order valence-electron chi connectivity index (χ4n) is 2.14. The molecule has 1 aromatic carbocycles. The average molecular weight is 287 g/mol. The molecule has 0 aliphatic heterocycles. The van der Waals surface area contributed by atoms with E-state index in [2.05, 4.69) is 5.10 Å². The average Bonchev–Trinajstić information content (AvgIpc) is 3.03. The number of nitrogens with zero attached hydrogens (tertiary/aromatic N) is 2. The normalized spacial score (nSPS) is 10.9. The highest BCUT2D eigenvalue weighted by Gasteiger charge is 2.18. The van der Waals surface area contributed by atoms with Crippen molar-refractivity contribution in [1.82, 2.24) is 9.78 Å². The summed E-state index contributed by atoms with van der Waals surface area (Å²) < 4.78 is 15.4. The highest BCUT2D eigenvalue weighted by Crippen LogP contribution is 2.38. The second-order valence-electron chi connectivity index (χ2n) is 4.67. The molecule has 0 aliphatic carbocycles. The zero-order valence-electron chi connectivity index (χ0n) is 11.2. The number of aryl methyl sites for hydroxylation is 2. The lowest BCUT2D eigenvalue weighted by atomic mass is 10.0. The van der Waals surface area contributed by atoms with Crippen LogP contribution in [0.4, 0.5) is 10.2 Å². The lowest BCUT2D eigenvalue weighted by molar-refractivity contribution is 0.619. The zero-order valence-corrected chi connectivity index (χ0v) is 12.0. The number of rotatable bonds is 2. The van der Waals surface area contributed by atoms with Gasteiger partial charge in [-0.15, -0.1) is 11.3 Å². The molecule has 3 nitrogen and oxygen atoms in total. The second kappa shape index (κ2) is 4.76. The smallest absolute Gasteiger partial charge is 0.130 e. The van der Waals surface area contributed by atoms with Crippen molar-refractivity contribution >= 4 is 17.2 Å². The van der Waals surface area contributed by atoms with Gasteiger partial charge in [0.1, 0.15) is 17.3 Å². The number of hydrogen-bond donors (Lipinski definition) is 1. The largest absolute Gasteiger partial charge is 0.383 e. The summed E-state index contributed by atoms with van der Waals surface area (Å²) in [7, 11) is 1.79. The maximum absolute atomic E-state index is 13.8. The highest BCUT2D eigenvalue weighted by molar-refractivity contribution is 7.13. The Bertz CT molecular complexity index is 760. The van der Waals surface area contributed by atoms with Gasteiger partial charge in [0, 0.05) is 17.5 Å². The summed E-state index contributed by atoms with van der Waals surface area (Å²) in [6.07, 6.45) is 0. The van der Waals surface area contributed by atoms with E-state index in [0.29, 0.717) is 17.1 Å². The van der Waals surface area contributed by atoms with E-state index in [1.54, 1.807) is 36.1 Å². The van der Waals surface area contributed by atoms with Gasteiger partial charge in [0.15, 0.2) is 0 Å². The molecule has 0 amide bonds. The standard InChI is InChI=1S/C15H14FN3S/c1-9-5-6-10(8-11(9)16)14-13(12-4-3-7-20-12)15(17)19(2)18-14/h3-8H,17H2,1-2H3. The molecule has 5 heteroatoms. The minimum atomic E-state index is -0.233. The van der Waals surface area contributed by atoms with E-state index in [0.717, 1.165) is 16.0 Å². The zero-order chi connectivity index (χ0) is 14.3. The van der Waals surface area contributed by atoms with Gasteiger partial charge in [0.2, 0.25) is 0 Å². The summed E-state index contributed by atoms with van der Waals surface area (Å²) >= 11 is 1.59. The monoisotopic (exact) mass is 287 g/mol. The minimum absolute atomic E-state index is 0.233. The van der Waals surface area contributed by atoms with Crippen molar-refractivity contribution in [3.63, 3.8) is 0 Å². The van der Waals surface area contributed by atoms with Crippen LogP contribution in [0.3, 0.4) is 0 Å². The van der Waals surface area contributed by atoms with E-state index in [9.17, 15) is 4.39 Å². The van der Waals surface area contributed by atoms with Crippen LogP contribution in [-0.4, -0.2) is 9.78 Å². The predicted molar refractivity (Wildman–Crippen MR) is 81.1 cm³/mol. The highest BCUT2D eigenvalue weighted by atomic mass is 32.1. The Morgan fingerprint density at radius 3 is 2.75 bits per heavy atom. The maximum atomic E-state index is 13.8. The molecule has 0 saturated heterocycles. The Morgan fingerprint density at radius 2 is 2.10 bits per heavy atom. The number of hydrogen-bond acceptors (Lipinski definition) is 3. The first-order valence-electron chi connectivity index (χ1n) is 6.21. The molecule has 0 bridgehead atoms. The molecule has 3 aromatic rings. The molecule has 0 unspecified atom stereocenters. The van der Waals surface area contributed by atoms with Gasteiger partial charge in [-0.25, -0.2) is 4.39 Å². The van der Waals surface area contributed by atoms with Crippen molar-refractivity contribution in [2.45, 2.75) is 6.92 Å². The van der Waals surface area contributed by atoms with Gasteiger partial charge >= 0.3 is 0 Å². The van der Waals surface area contributed by atoms with Crippen LogP contribution in [0.1, 0.15) is 5.56 Å². The summed E-state index contributed by atoms with van der Waals surface area (Å²) in [5.74, 6) is 0.354. The topological polar surface area (TPSA) is 43.8 Å². The van der Waals surface area contributed by atoms with Crippen LogP contribution < -0.4 is 5.73 Å². The summed E-state index contributed by atoms with van der Waals surface area (Å²) in [5.41, 5.74) is 9.05. The Hall–Kier alpha value is -2.14. The number of halogens is 1. The van der Waals surface area contributed by atoms with E-state index in [-0.39, 0.29) is 5.82 Å². The maximum Gasteiger partial charge on any atom is 0.130 e. The Balaban J connectivity index is 2.24. The summed E-state index contributed by atoms with van der Waals surface area (Å²) in [4.78, 5) is 1.03. The minimum Gasteiger partial charge on any atom is -0.383 e. The van der Waals surface area contributed by atoms with Gasteiger partial charge in [-0.1, -0.05) is 18.2 Å². The molecular weight excluding hydrogens is 273 g/mol. The third kappa shape index (κ3) is 2.00. The summed E-state index contributed by atoms with van der Waals surface area (Å²) in [6.45, 7) is 1.74. The molecule has 2 aromatic heterocycles. The van der Waals surface area contributed by atoms with Crippen molar-refractivity contribution in [3.8, 4) is 21.7 Å². The molecular formula is C15H14FN3S. The quantitative estimate of drug-likeness (QED) is 0.778. The van der Waals surface area contributed by atoms with Gasteiger partial charge in [-0.05, 0) is 30.0 Å². The van der Waals surface area contributed by atoms with Gasteiger partial charge in [0.05, 0.1) is 5.56 Å². The number of nitrogens with two attached hydrogens (primary N) is 1. The fraction of sp³-hybridized carbons (Fsp3) is 0.133. The van der Waals surface area contributed by atoms with Crippen LogP contribution >= 0.6 is 11.3 Å². The number of thiophene rings is 1. The molecule has 0 radical (unpaired) electrons. The van der Waals surface area contributed by atoms with Gasteiger partial charge in [-0.2, -0.15) is 5.10 Å². The van der Waals surface area contributed by atoms with E-state index in [1.165, 1.54) is 6.07 Å². The van der Waals surface area contributed by atoms with Crippen molar-refractivity contribution in [1.29, 1.82) is 0 Å². The first-order chi connectivity index (χ1) is 9.58. The van der Waals surface area contributed by atoms with E-state index in [1.807, 2.05) is 23.6 Å². The van der Waals surface area contributed by atoms with Gasteiger partial charge < -0.3 is 5.73 Å². The Labute approximate surface area is 120 Å². The molecule has 0 spiro atoms. The van der Waals surface area contributed by atoms with Crippen LogP contribution in [0.15, 0.2) is 35.7 Å². The van der Waals surface area contributed by atoms with E-state index in [4.69, 9.17) is 5.73 Å². The van der Waals surface area contributed by atoms with Crippen LogP contribution in [0.5, 0.6) is 0 Å². The number of nitrogen functional groups attached to an aromatic ring is 1. The third-order valence-electron chi connectivity index (χ3n) is 3.30. The van der Waals surface area contributed by atoms with Crippen LogP contribution in [-0.2, 0) is 7.05 Å². The second-order valence-corrected chi connectivity index (χ2v) is 5.62. The molecule has 3 rings (SSSR count). The molecule has 20 heavy (non-hydrogen) atoms. The fourth-order valence-corrected chi connectivity index (χ4v) is 2.92. The number of benzene rings is 1. The van der Waals surface area contributed by atoms with Crippen LogP contribution in [0.2, 0.25) is 0 Å². The van der Waals surface area contributed by atoms with Crippen LogP contribution in [0, 0.1) is 12.7 Å². The summed E-state index contributed by atoms with van der Waals surface area (Å²) in [6, 6.07) is 9.09. The number of aromatic nitrogens is 2. The van der Waals surface area contributed by atoms with Crippen molar-refractivity contribution in [2.24, 2.45) is 7.05 Å². The lowest BCUT2D eigenvalue weighted by Crippen LogP contribution is -1.97. The molecule has 0 aliphatic rings. The first-order valence-corrected chi connectivity index (χ1v) is 7.08. The van der Waals surface area contributed by atoms with E-state index >= 15 is 0 Å². The Morgan fingerprint density at radius 1 is 1.30 bits per heavy atom. The molecule has 2 N–H and O–H groups in total. The molecule has 102 valence electrons. The SMILES string of the molecule is Cc1ccc(-c2nn(C)c(N)c2-c2cccs2)cc1F. The molecule has 2 heterocycles. The van der Waals surface area contributed by atoms with Crippen molar-refractivity contribution < 1.29 is 4.39 Å². The van der Waals surface area contributed by atoms with E-state index < -0.39 is 0 Å². The third-order valence-corrected chi connectivity index (χ3v) is 4.19. The lowest BCUT2D eigenvalue weighted by Gasteiger charge is -2.03. The van der Waals surface area contributed by atoms with Crippen molar-refractivity contribution in [3.05, 3.63) is 47.1 Å². The van der Waals surface area contributed by atoms with Gasteiger partial charge in [-0.3, -0.25) is 4.68 Å².